The molecule has 1 atom stereocenters. The first-order valence-corrected chi connectivity index (χ1v) is 6.58. The number of amides is 1. The summed E-state index contributed by atoms with van der Waals surface area (Å²) >= 11 is 0. The quantitative estimate of drug-likeness (QED) is 0.889. The zero-order chi connectivity index (χ0) is 14.1. The molecule has 0 radical (unpaired) electrons. The van der Waals surface area contributed by atoms with Crippen LogP contribution in [0.25, 0.3) is 11.1 Å². The summed E-state index contributed by atoms with van der Waals surface area (Å²) in [5.74, 6) is 0.378. The van der Waals surface area contributed by atoms with Crippen LogP contribution in [0.1, 0.15) is 15.9 Å². The molecule has 20 heavy (non-hydrogen) atoms. The number of rotatable bonds is 3. The molecular formula is C16H16N2O2. The van der Waals surface area contributed by atoms with Crippen LogP contribution in [0.5, 0.6) is 5.75 Å². The number of hydrogen-bond acceptors (Lipinski definition) is 3. The maximum absolute atomic E-state index is 11.6. The molecule has 3 rings (SSSR count). The van der Waals surface area contributed by atoms with E-state index >= 15 is 0 Å². The number of primary amides is 1. The van der Waals surface area contributed by atoms with Gasteiger partial charge in [0.05, 0.1) is 0 Å². The van der Waals surface area contributed by atoms with E-state index in [1.165, 1.54) is 0 Å². The van der Waals surface area contributed by atoms with Crippen molar-refractivity contribution in [3.63, 3.8) is 0 Å². The molecule has 0 aliphatic carbocycles. The maximum atomic E-state index is 11.6. The Morgan fingerprint density at radius 2 is 1.90 bits per heavy atom. The van der Waals surface area contributed by atoms with Crippen LogP contribution >= 0.6 is 0 Å². The van der Waals surface area contributed by atoms with E-state index < -0.39 is 5.91 Å². The van der Waals surface area contributed by atoms with Gasteiger partial charge in [0, 0.05) is 24.1 Å². The minimum atomic E-state index is -0.438. The van der Waals surface area contributed by atoms with Crippen LogP contribution in [0, 0.1) is 0 Å². The normalized spacial score (nSPS) is 16.6. The van der Waals surface area contributed by atoms with Crippen LogP contribution in [0.2, 0.25) is 0 Å². The third kappa shape index (κ3) is 2.04. The Morgan fingerprint density at radius 3 is 2.65 bits per heavy atom. The average Bonchev–Trinajstić information content (AvgIpc) is 2.90. The second kappa shape index (κ2) is 4.98. The van der Waals surface area contributed by atoms with E-state index in [1.54, 1.807) is 12.1 Å². The van der Waals surface area contributed by atoms with Crippen molar-refractivity contribution in [3.8, 4) is 16.9 Å². The van der Waals surface area contributed by atoms with Crippen LogP contribution in [-0.2, 0) is 6.42 Å². The summed E-state index contributed by atoms with van der Waals surface area (Å²) in [6.45, 7) is 0.478. The summed E-state index contributed by atoms with van der Waals surface area (Å²) in [7, 11) is 0. The summed E-state index contributed by atoms with van der Waals surface area (Å²) in [6.07, 6.45) is 0.810. The predicted molar refractivity (Wildman–Crippen MR) is 77.6 cm³/mol. The van der Waals surface area contributed by atoms with Crippen molar-refractivity contribution in [3.05, 3.63) is 53.6 Å². The largest absolute Gasteiger partial charge is 0.488 e. The van der Waals surface area contributed by atoms with Crippen LogP contribution in [-0.4, -0.2) is 18.6 Å². The first-order valence-electron chi connectivity index (χ1n) is 6.58. The third-order valence-corrected chi connectivity index (χ3v) is 3.57. The van der Waals surface area contributed by atoms with Crippen LogP contribution < -0.4 is 16.2 Å². The highest BCUT2D eigenvalue weighted by Crippen LogP contribution is 2.39. The summed E-state index contributed by atoms with van der Waals surface area (Å²) < 4.78 is 5.90. The lowest BCUT2D eigenvalue weighted by Gasteiger charge is -2.12. The van der Waals surface area contributed by atoms with E-state index in [1.807, 2.05) is 30.3 Å². The van der Waals surface area contributed by atoms with Crippen LogP contribution in [0.4, 0.5) is 0 Å². The summed E-state index contributed by atoms with van der Waals surface area (Å²) in [5, 5.41) is 0. The fourth-order valence-electron chi connectivity index (χ4n) is 2.61. The summed E-state index contributed by atoms with van der Waals surface area (Å²) in [4.78, 5) is 11.6. The van der Waals surface area contributed by atoms with Gasteiger partial charge in [0.1, 0.15) is 11.9 Å². The Bertz CT molecular complexity index is 667. The lowest BCUT2D eigenvalue weighted by molar-refractivity contribution is 0.100. The Labute approximate surface area is 117 Å². The van der Waals surface area contributed by atoms with Crippen molar-refractivity contribution < 1.29 is 9.53 Å². The molecule has 0 aromatic heterocycles. The third-order valence-electron chi connectivity index (χ3n) is 3.57. The number of carbonyl (C=O) groups excluding carboxylic acids is 1. The number of para-hydroxylation sites is 1. The van der Waals surface area contributed by atoms with Gasteiger partial charge in [-0.05, 0) is 17.2 Å². The number of ether oxygens (including phenoxy) is 1. The summed E-state index contributed by atoms with van der Waals surface area (Å²) in [6, 6.07) is 13.2. The number of hydrogen-bond donors (Lipinski definition) is 2. The monoisotopic (exact) mass is 268 g/mol. The highest BCUT2D eigenvalue weighted by Gasteiger charge is 2.25. The standard InChI is InChI=1S/C16H16N2O2/c17-9-11-8-10-4-3-7-13(15(10)20-11)12-5-1-2-6-14(12)16(18)19/h1-7,11H,8-9,17H2,(H2,18,19). The SMILES string of the molecule is NCC1Cc2cccc(-c3ccccc3C(N)=O)c2O1. The van der Waals surface area contributed by atoms with Crippen molar-refractivity contribution in [2.45, 2.75) is 12.5 Å². The molecule has 4 heteroatoms. The maximum Gasteiger partial charge on any atom is 0.249 e. The van der Waals surface area contributed by atoms with Crippen LogP contribution in [0.15, 0.2) is 42.5 Å². The van der Waals surface area contributed by atoms with E-state index in [-0.39, 0.29) is 6.10 Å². The molecule has 0 saturated carbocycles. The molecule has 0 bridgehead atoms. The molecule has 0 fully saturated rings. The first kappa shape index (κ1) is 12.7. The average molecular weight is 268 g/mol. The first-order chi connectivity index (χ1) is 9.70. The zero-order valence-electron chi connectivity index (χ0n) is 11.0. The number of benzene rings is 2. The van der Waals surface area contributed by atoms with Gasteiger partial charge in [-0.3, -0.25) is 4.79 Å². The lowest BCUT2D eigenvalue weighted by Crippen LogP contribution is -2.24. The molecule has 1 heterocycles. The number of fused-ring (bicyclic) bond motifs is 1. The second-order valence-corrected chi connectivity index (χ2v) is 4.88. The molecule has 4 N–H and O–H groups in total. The van der Waals surface area contributed by atoms with Gasteiger partial charge in [-0.15, -0.1) is 0 Å². The smallest absolute Gasteiger partial charge is 0.249 e. The van der Waals surface area contributed by atoms with Gasteiger partial charge in [-0.2, -0.15) is 0 Å². The van der Waals surface area contributed by atoms with E-state index in [9.17, 15) is 4.79 Å². The molecular weight excluding hydrogens is 252 g/mol. The van der Waals surface area contributed by atoms with E-state index in [2.05, 4.69) is 0 Å². The van der Waals surface area contributed by atoms with Gasteiger partial charge in [-0.1, -0.05) is 36.4 Å². The lowest BCUT2D eigenvalue weighted by atomic mass is 9.96. The topological polar surface area (TPSA) is 78.3 Å². The van der Waals surface area contributed by atoms with Crippen molar-refractivity contribution in [2.24, 2.45) is 11.5 Å². The van der Waals surface area contributed by atoms with Crippen molar-refractivity contribution >= 4 is 5.91 Å². The van der Waals surface area contributed by atoms with E-state index in [0.29, 0.717) is 12.1 Å². The Morgan fingerprint density at radius 1 is 1.15 bits per heavy atom. The molecule has 1 aliphatic rings. The molecule has 102 valence electrons. The zero-order valence-corrected chi connectivity index (χ0v) is 11.0. The van der Waals surface area contributed by atoms with Crippen molar-refractivity contribution in [1.82, 2.24) is 0 Å². The number of nitrogens with two attached hydrogens (primary N) is 2. The van der Waals surface area contributed by atoms with Gasteiger partial charge in [0.15, 0.2) is 0 Å². The molecule has 1 unspecified atom stereocenters. The summed E-state index contributed by atoms with van der Waals surface area (Å²) in [5.41, 5.74) is 14.5. The van der Waals surface area contributed by atoms with Gasteiger partial charge in [0.2, 0.25) is 5.91 Å². The molecule has 1 amide bonds. The molecule has 1 aliphatic heterocycles. The Balaban J connectivity index is 2.14. The Hall–Kier alpha value is -2.33. The van der Waals surface area contributed by atoms with Crippen molar-refractivity contribution in [2.75, 3.05) is 6.54 Å². The van der Waals surface area contributed by atoms with Gasteiger partial charge < -0.3 is 16.2 Å². The Kier molecular flexibility index (Phi) is 3.16. The number of carbonyl (C=O) groups is 1. The fraction of sp³-hybridized carbons (Fsp3) is 0.188. The van der Waals surface area contributed by atoms with E-state index in [4.69, 9.17) is 16.2 Å². The van der Waals surface area contributed by atoms with E-state index in [0.717, 1.165) is 28.9 Å². The fourth-order valence-corrected chi connectivity index (χ4v) is 2.61. The molecule has 2 aromatic carbocycles. The van der Waals surface area contributed by atoms with Crippen molar-refractivity contribution in [1.29, 1.82) is 0 Å². The minimum absolute atomic E-state index is 0.00638. The van der Waals surface area contributed by atoms with Gasteiger partial charge in [0.25, 0.3) is 0 Å². The highest BCUT2D eigenvalue weighted by atomic mass is 16.5. The molecule has 4 nitrogen and oxygen atoms in total. The molecule has 0 saturated heterocycles. The molecule has 2 aromatic rings. The highest BCUT2D eigenvalue weighted by molar-refractivity contribution is 6.00. The molecule has 0 spiro atoms. The van der Waals surface area contributed by atoms with Gasteiger partial charge >= 0.3 is 0 Å². The second-order valence-electron chi connectivity index (χ2n) is 4.88. The van der Waals surface area contributed by atoms with Crippen LogP contribution in [0.3, 0.4) is 0 Å². The van der Waals surface area contributed by atoms with Gasteiger partial charge in [-0.25, -0.2) is 0 Å². The predicted octanol–water partition coefficient (Wildman–Crippen LogP) is 1.71. The minimum Gasteiger partial charge on any atom is -0.488 e.